The normalized spacial score (nSPS) is 19.8. The highest BCUT2D eigenvalue weighted by Crippen LogP contribution is 2.51. The molecule has 3 aromatic carbocycles. The van der Waals surface area contributed by atoms with E-state index in [1.54, 1.807) is 0 Å². The number of hydrogen-bond donors (Lipinski definition) is 1. The van der Waals surface area contributed by atoms with Crippen LogP contribution in [0.3, 0.4) is 0 Å². The van der Waals surface area contributed by atoms with Crippen LogP contribution in [0.25, 0.3) is 16.3 Å². The van der Waals surface area contributed by atoms with Gasteiger partial charge < -0.3 is 10.1 Å². The van der Waals surface area contributed by atoms with Crippen molar-refractivity contribution in [2.24, 2.45) is 5.41 Å². The third-order valence-corrected chi connectivity index (χ3v) is 6.26. The maximum atomic E-state index is 13.5. The molecule has 0 spiro atoms. The lowest BCUT2D eigenvalue weighted by molar-refractivity contribution is -0.116. The van der Waals surface area contributed by atoms with E-state index in [2.05, 4.69) is 67.7 Å². The number of rotatable bonds is 3. The van der Waals surface area contributed by atoms with Crippen LogP contribution in [-0.2, 0) is 4.79 Å². The molecule has 1 atom stereocenters. The molecule has 0 saturated heterocycles. The van der Waals surface area contributed by atoms with Crippen LogP contribution in [0.15, 0.2) is 66.2 Å². The first-order valence-corrected chi connectivity index (χ1v) is 10.7. The average Bonchev–Trinajstić information content (AvgIpc) is 2.73. The van der Waals surface area contributed by atoms with Crippen LogP contribution in [0.5, 0.6) is 5.75 Å². The first kappa shape index (κ1) is 18.9. The zero-order chi connectivity index (χ0) is 20.9. The predicted octanol–water partition coefficient (Wildman–Crippen LogP) is 6.55. The minimum absolute atomic E-state index is 0.00661. The van der Waals surface area contributed by atoms with Gasteiger partial charge in [0.15, 0.2) is 5.78 Å². The third-order valence-electron chi connectivity index (χ3n) is 6.26. The Morgan fingerprint density at radius 3 is 2.53 bits per heavy atom. The number of nitrogens with one attached hydrogen (secondary N) is 1. The average molecular weight is 398 g/mol. The van der Waals surface area contributed by atoms with Crippen molar-refractivity contribution < 1.29 is 9.53 Å². The third kappa shape index (κ3) is 3.09. The number of Topliss-reactive ketones (excluding diaryl/α,β-unsaturated/α-hetero) is 1. The van der Waals surface area contributed by atoms with Gasteiger partial charge in [-0.25, -0.2) is 0 Å². The second-order valence-corrected chi connectivity index (χ2v) is 9.13. The zero-order valence-corrected chi connectivity index (χ0v) is 17.8. The van der Waals surface area contributed by atoms with Crippen molar-refractivity contribution in [3.05, 3.63) is 77.4 Å². The summed E-state index contributed by atoms with van der Waals surface area (Å²) < 4.78 is 5.62. The fraction of sp³-hybridized carbons (Fsp3) is 0.296. The molecule has 3 nitrogen and oxygen atoms in total. The summed E-state index contributed by atoms with van der Waals surface area (Å²) in [6, 6.07) is 20.9. The summed E-state index contributed by atoms with van der Waals surface area (Å²) in [4.78, 5) is 13.5. The molecule has 1 aliphatic carbocycles. The Balaban J connectivity index is 1.71. The van der Waals surface area contributed by atoms with Gasteiger partial charge in [0.2, 0.25) is 0 Å². The highest BCUT2D eigenvalue weighted by Gasteiger charge is 2.40. The summed E-state index contributed by atoms with van der Waals surface area (Å²) >= 11 is 0. The van der Waals surface area contributed by atoms with Gasteiger partial charge in [0.1, 0.15) is 5.75 Å². The van der Waals surface area contributed by atoms with Crippen molar-refractivity contribution in [2.45, 2.75) is 39.7 Å². The molecule has 1 heterocycles. The molecule has 3 heteroatoms. The zero-order valence-electron chi connectivity index (χ0n) is 17.8. The van der Waals surface area contributed by atoms with Crippen molar-refractivity contribution in [3.63, 3.8) is 0 Å². The van der Waals surface area contributed by atoms with Crippen LogP contribution in [0, 0.1) is 5.41 Å². The smallest absolute Gasteiger partial charge is 0.164 e. The first-order chi connectivity index (χ1) is 14.5. The van der Waals surface area contributed by atoms with E-state index in [1.807, 2.05) is 19.1 Å². The molecule has 0 radical (unpaired) electrons. The Morgan fingerprint density at radius 2 is 1.77 bits per heavy atom. The van der Waals surface area contributed by atoms with Gasteiger partial charge in [-0.1, -0.05) is 56.3 Å². The number of ether oxygens (including phenoxy) is 1. The van der Waals surface area contributed by atoms with Gasteiger partial charge in [-0.2, -0.15) is 0 Å². The molecule has 0 fully saturated rings. The van der Waals surface area contributed by atoms with Gasteiger partial charge in [0.05, 0.1) is 12.6 Å². The predicted molar refractivity (Wildman–Crippen MR) is 123 cm³/mol. The number of hydrogen-bond acceptors (Lipinski definition) is 3. The van der Waals surface area contributed by atoms with Crippen LogP contribution >= 0.6 is 0 Å². The van der Waals surface area contributed by atoms with Crippen molar-refractivity contribution in [3.8, 4) is 5.75 Å². The molecular formula is C27H27NO2. The molecular weight excluding hydrogens is 370 g/mol. The first-order valence-electron chi connectivity index (χ1n) is 10.7. The van der Waals surface area contributed by atoms with Gasteiger partial charge in [-0.3, -0.25) is 4.79 Å². The summed E-state index contributed by atoms with van der Waals surface area (Å²) in [5, 5.41) is 6.08. The van der Waals surface area contributed by atoms with Gasteiger partial charge in [-0.15, -0.1) is 0 Å². The summed E-state index contributed by atoms with van der Waals surface area (Å²) in [5.74, 6) is 1.13. The molecule has 0 bridgehead atoms. The van der Waals surface area contributed by atoms with Gasteiger partial charge in [0.25, 0.3) is 0 Å². The topological polar surface area (TPSA) is 38.3 Å². The molecule has 3 aromatic rings. The maximum absolute atomic E-state index is 13.5. The van der Waals surface area contributed by atoms with Crippen LogP contribution in [0.4, 0.5) is 5.69 Å². The number of carbonyl (C=O) groups is 1. The number of ketones is 1. The van der Waals surface area contributed by atoms with Crippen molar-refractivity contribution in [2.75, 3.05) is 11.9 Å². The molecule has 30 heavy (non-hydrogen) atoms. The highest BCUT2D eigenvalue weighted by molar-refractivity contribution is 6.28. The Labute approximate surface area is 177 Å². The van der Waals surface area contributed by atoms with E-state index in [1.165, 1.54) is 11.0 Å². The van der Waals surface area contributed by atoms with E-state index in [4.69, 9.17) is 4.74 Å². The van der Waals surface area contributed by atoms with E-state index in [0.717, 1.165) is 39.9 Å². The number of benzene rings is 3. The summed E-state index contributed by atoms with van der Waals surface area (Å²) in [7, 11) is 0. The van der Waals surface area contributed by atoms with E-state index >= 15 is 0 Å². The fourth-order valence-electron chi connectivity index (χ4n) is 5.03. The maximum Gasteiger partial charge on any atom is 0.164 e. The Morgan fingerprint density at radius 1 is 1.00 bits per heavy atom. The summed E-state index contributed by atoms with van der Waals surface area (Å²) in [5.41, 5.74) is 5.38. The van der Waals surface area contributed by atoms with Crippen molar-refractivity contribution in [1.82, 2.24) is 0 Å². The van der Waals surface area contributed by atoms with E-state index in [0.29, 0.717) is 13.0 Å². The largest absolute Gasteiger partial charge is 0.494 e. The minimum atomic E-state index is -0.0385. The summed E-state index contributed by atoms with van der Waals surface area (Å²) in [6.45, 7) is 7.04. The molecule has 0 aromatic heterocycles. The minimum Gasteiger partial charge on any atom is -0.494 e. The van der Waals surface area contributed by atoms with Crippen LogP contribution < -0.4 is 10.1 Å². The molecule has 0 amide bonds. The number of anilines is 1. The molecule has 1 aliphatic heterocycles. The number of allylic oxidation sites excluding steroid dienone is 1. The second-order valence-electron chi connectivity index (χ2n) is 9.13. The summed E-state index contributed by atoms with van der Waals surface area (Å²) in [6.07, 6.45) is 1.49. The molecule has 1 unspecified atom stereocenters. The molecule has 152 valence electrons. The fourth-order valence-corrected chi connectivity index (χ4v) is 5.03. The lowest BCUT2D eigenvalue weighted by Crippen LogP contribution is -2.32. The van der Waals surface area contributed by atoms with E-state index < -0.39 is 0 Å². The van der Waals surface area contributed by atoms with Gasteiger partial charge in [-0.05, 0) is 58.9 Å². The van der Waals surface area contributed by atoms with E-state index in [-0.39, 0.29) is 17.2 Å². The monoisotopic (exact) mass is 397 g/mol. The number of fused-ring (bicyclic) bond motifs is 4. The molecule has 0 saturated carbocycles. The second kappa shape index (κ2) is 7.02. The highest BCUT2D eigenvalue weighted by atomic mass is 16.5. The Hall–Kier alpha value is -3.07. The molecule has 5 rings (SSSR count). The lowest BCUT2D eigenvalue weighted by atomic mass is 9.68. The Kier molecular flexibility index (Phi) is 4.43. The van der Waals surface area contributed by atoms with Crippen molar-refractivity contribution >= 4 is 27.8 Å². The standard InChI is InChI=1S/C27H27NO2/c1-4-30-19-12-9-18(10-13-19)26-21-15-27(2,3)16-23(29)25(21)24-20-8-6-5-7-17(20)11-14-22(24)28-26/h5-14,26,28H,4,15-16H2,1-3H3. The van der Waals surface area contributed by atoms with Crippen molar-refractivity contribution in [1.29, 1.82) is 0 Å². The van der Waals surface area contributed by atoms with Gasteiger partial charge >= 0.3 is 0 Å². The van der Waals surface area contributed by atoms with Gasteiger partial charge in [0, 0.05) is 23.2 Å². The molecule has 2 aliphatic rings. The SMILES string of the molecule is CCOc1ccc(C2Nc3ccc4ccccc4c3C3=C2CC(C)(C)CC3=O)cc1. The quantitative estimate of drug-likeness (QED) is 0.545. The Bertz CT molecular complexity index is 1170. The lowest BCUT2D eigenvalue weighted by Gasteiger charge is -2.40. The van der Waals surface area contributed by atoms with Crippen LogP contribution in [0.2, 0.25) is 0 Å². The van der Waals surface area contributed by atoms with Crippen LogP contribution in [-0.4, -0.2) is 12.4 Å². The number of carbonyl (C=O) groups excluding carboxylic acids is 1. The molecule has 1 N–H and O–H groups in total. The van der Waals surface area contributed by atoms with Crippen LogP contribution in [0.1, 0.15) is 50.8 Å². The van der Waals surface area contributed by atoms with E-state index in [9.17, 15) is 4.79 Å².